The molecule has 0 saturated heterocycles. The first-order valence-electron chi connectivity index (χ1n) is 4.59. The van der Waals surface area contributed by atoms with Crippen LogP contribution >= 0.6 is 0 Å². The van der Waals surface area contributed by atoms with Gasteiger partial charge in [0.25, 0.3) is 0 Å². The zero-order valence-corrected chi connectivity index (χ0v) is 8.25. The number of rotatable bonds is 6. The van der Waals surface area contributed by atoms with Crippen molar-refractivity contribution in [1.29, 1.82) is 0 Å². The van der Waals surface area contributed by atoms with E-state index in [4.69, 9.17) is 10.8 Å². The fraction of sp³-hybridized carbons (Fsp3) is 0.750. The van der Waals surface area contributed by atoms with Gasteiger partial charge in [0.15, 0.2) is 0 Å². The zero-order chi connectivity index (χ0) is 11.0. The van der Waals surface area contributed by atoms with Crippen molar-refractivity contribution < 1.29 is 14.7 Å². The van der Waals surface area contributed by atoms with E-state index >= 15 is 0 Å². The summed E-state index contributed by atoms with van der Waals surface area (Å²) >= 11 is 0. The second-order valence-electron chi connectivity index (χ2n) is 2.84. The number of amides is 2. The Labute approximate surface area is 82.9 Å². The average Bonchev–Trinajstić information content (AvgIpc) is 2.14. The van der Waals surface area contributed by atoms with Crippen LogP contribution in [-0.2, 0) is 4.79 Å². The molecule has 0 rings (SSSR count). The third-order valence-corrected chi connectivity index (χ3v) is 1.68. The lowest BCUT2D eigenvalue weighted by molar-refractivity contribution is -0.139. The molecule has 0 heterocycles. The number of nitrogens with two attached hydrogens (primary N) is 1. The first-order chi connectivity index (χ1) is 6.61. The maximum Gasteiger partial charge on any atom is 0.326 e. The highest BCUT2D eigenvalue weighted by atomic mass is 16.4. The number of urea groups is 1. The Balaban J connectivity index is 3.74. The molecule has 82 valence electrons. The maximum atomic E-state index is 11.1. The second kappa shape index (κ2) is 7.14. The van der Waals surface area contributed by atoms with Crippen LogP contribution < -0.4 is 16.4 Å². The van der Waals surface area contributed by atoms with Crippen LogP contribution in [0.2, 0.25) is 0 Å². The highest BCUT2D eigenvalue weighted by Gasteiger charge is 2.16. The molecule has 0 bridgehead atoms. The first-order valence-corrected chi connectivity index (χ1v) is 4.59. The van der Waals surface area contributed by atoms with Gasteiger partial charge in [-0.25, -0.2) is 9.59 Å². The molecule has 0 aromatic heterocycles. The van der Waals surface area contributed by atoms with Gasteiger partial charge in [0.05, 0.1) is 0 Å². The van der Waals surface area contributed by atoms with Gasteiger partial charge in [-0.1, -0.05) is 6.92 Å². The van der Waals surface area contributed by atoms with Gasteiger partial charge >= 0.3 is 12.0 Å². The summed E-state index contributed by atoms with van der Waals surface area (Å²) in [6, 6.07) is -1.29. The quantitative estimate of drug-likeness (QED) is 0.437. The van der Waals surface area contributed by atoms with Crippen molar-refractivity contribution in [2.45, 2.75) is 25.8 Å². The number of carbonyl (C=O) groups excluding carboxylic acids is 1. The van der Waals surface area contributed by atoms with Gasteiger partial charge in [0.2, 0.25) is 0 Å². The van der Waals surface area contributed by atoms with Crippen LogP contribution in [0.25, 0.3) is 0 Å². The Kier molecular flexibility index (Phi) is 6.47. The van der Waals surface area contributed by atoms with E-state index in [2.05, 4.69) is 10.6 Å². The second-order valence-corrected chi connectivity index (χ2v) is 2.84. The Morgan fingerprint density at radius 3 is 2.57 bits per heavy atom. The Hall–Kier alpha value is -1.30. The minimum absolute atomic E-state index is 0.361. The first kappa shape index (κ1) is 12.7. The normalized spacial score (nSPS) is 11.9. The lowest BCUT2D eigenvalue weighted by Gasteiger charge is -2.12. The van der Waals surface area contributed by atoms with E-state index in [0.29, 0.717) is 25.9 Å². The Bertz CT molecular complexity index is 196. The number of hydrogen-bond acceptors (Lipinski definition) is 3. The molecule has 6 nitrogen and oxygen atoms in total. The van der Waals surface area contributed by atoms with Crippen LogP contribution in [0.15, 0.2) is 0 Å². The summed E-state index contributed by atoms with van der Waals surface area (Å²) in [6.45, 7) is 2.65. The summed E-state index contributed by atoms with van der Waals surface area (Å²) in [5.74, 6) is -1.03. The van der Waals surface area contributed by atoms with Crippen LogP contribution in [-0.4, -0.2) is 36.2 Å². The van der Waals surface area contributed by atoms with E-state index in [1.807, 2.05) is 0 Å². The van der Waals surface area contributed by atoms with Crippen molar-refractivity contribution in [2.24, 2.45) is 5.73 Å². The fourth-order valence-electron chi connectivity index (χ4n) is 0.852. The number of carboxylic acids is 1. The molecular formula is C8H17N3O3. The van der Waals surface area contributed by atoms with Crippen molar-refractivity contribution in [2.75, 3.05) is 13.1 Å². The summed E-state index contributed by atoms with van der Waals surface area (Å²) in [7, 11) is 0. The molecule has 0 fully saturated rings. The molecule has 5 N–H and O–H groups in total. The van der Waals surface area contributed by atoms with Crippen molar-refractivity contribution >= 4 is 12.0 Å². The highest BCUT2D eigenvalue weighted by Crippen LogP contribution is 1.89. The number of aliphatic carboxylic acids is 1. The highest BCUT2D eigenvalue weighted by molar-refractivity contribution is 5.82. The molecule has 1 atom stereocenters. The molecule has 0 aliphatic heterocycles. The van der Waals surface area contributed by atoms with Crippen LogP contribution in [0.1, 0.15) is 19.8 Å². The third kappa shape index (κ3) is 5.36. The van der Waals surface area contributed by atoms with E-state index in [9.17, 15) is 9.59 Å². The molecule has 0 radical (unpaired) electrons. The molecule has 2 amide bonds. The number of nitrogens with one attached hydrogen (secondary N) is 2. The molecule has 0 aromatic carbocycles. The minimum atomic E-state index is -1.03. The van der Waals surface area contributed by atoms with Crippen molar-refractivity contribution in [3.63, 3.8) is 0 Å². The van der Waals surface area contributed by atoms with Gasteiger partial charge in [-0.2, -0.15) is 0 Å². The summed E-state index contributed by atoms with van der Waals surface area (Å²) in [6.07, 6.45) is 1.04. The third-order valence-electron chi connectivity index (χ3n) is 1.68. The van der Waals surface area contributed by atoms with Crippen molar-refractivity contribution in [1.82, 2.24) is 10.6 Å². The summed E-state index contributed by atoms with van der Waals surface area (Å²) in [4.78, 5) is 21.6. The molecule has 6 heteroatoms. The Morgan fingerprint density at radius 2 is 2.14 bits per heavy atom. The molecule has 0 saturated carbocycles. The topological polar surface area (TPSA) is 104 Å². The molecule has 14 heavy (non-hydrogen) atoms. The molecule has 0 spiro atoms. The van der Waals surface area contributed by atoms with Gasteiger partial charge in [0.1, 0.15) is 6.04 Å². The van der Waals surface area contributed by atoms with E-state index in [1.54, 1.807) is 6.92 Å². The molecule has 0 aliphatic rings. The lowest BCUT2D eigenvalue weighted by Crippen LogP contribution is -2.46. The average molecular weight is 203 g/mol. The predicted molar refractivity (Wildman–Crippen MR) is 51.9 cm³/mol. The van der Waals surface area contributed by atoms with Crippen LogP contribution in [0.4, 0.5) is 4.79 Å². The van der Waals surface area contributed by atoms with Crippen molar-refractivity contribution in [3.05, 3.63) is 0 Å². The zero-order valence-electron chi connectivity index (χ0n) is 8.25. The van der Waals surface area contributed by atoms with Crippen LogP contribution in [0.5, 0.6) is 0 Å². The molecule has 0 aromatic rings. The van der Waals surface area contributed by atoms with Crippen LogP contribution in [0, 0.1) is 0 Å². The summed E-state index contributed by atoms with van der Waals surface area (Å²) in [5.41, 5.74) is 5.22. The lowest BCUT2D eigenvalue weighted by atomic mass is 10.2. The van der Waals surface area contributed by atoms with E-state index < -0.39 is 18.0 Å². The smallest absolute Gasteiger partial charge is 0.326 e. The van der Waals surface area contributed by atoms with E-state index in [-0.39, 0.29) is 0 Å². The SMILES string of the molecule is CCC(NC(=O)NCCCN)C(=O)O. The summed E-state index contributed by atoms with van der Waals surface area (Å²) < 4.78 is 0. The van der Waals surface area contributed by atoms with Crippen LogP contribution in [0.3, 0.4) is 0 Å². The fourth-order valence-corrected chi connectivity index (χ4v) is 0.852. The predicted octanol–water partition coefficient (Wildman–Crippen LogP) is -0.502. The van der Waals surface area contributed by atoms with Gasteiger partial charge in [0, 0.05) is 6.54 Å². The number of carboxylic acid groups (broad SMARTS) is 1. The van der Waals surface area contributed by atoms with Gasteiger partial charge in [-0.05, 0) is 19.4 Å². The van der Waals surface area contributed by atoms with Gasteiger partial charge in [-0.3, -0.25) is 0 Å². The van der Waals surface area contributed by atoms with E-state index in [0.717, 1.165) is 0 Å². The van der Waals surface area contributed by atoms with Crippen molar-refractivity contribution in [3.8, 4) is 0 Å². The van der Waals surface area contributed by atoms with Gasteiger partial charge in [-0.15, -0.1) is 0 Å². The largest absolute Gasteiger partial charge is 0.480 e. The van der Waals surface area contributed by atoms with Gasteiger partial charge < -0.3 is 21.5 Å². The maximum absolute atomic E-state index is 11.1. The number of carbonyl (C=O) groups is 2. The molecule has 1 unspecified atom stereocenters. The molecular weight excluding hydrogens is 186 g/mol. The monoisotopic (exact) mass is 203 g/mol. The van der Waals surface area contributed by atoms with E-state index in [1.165, 1.54) is 0 Å². The Morgan fingerprint density at radius 1 is 1.50 bits per heavy atom. The summed E-state index contributed by atoms with van der Waals surface area (Å²) in [5, 5.41) is 13.5. The molecule has 0 aliphatic carbocycles. The number of hydrogen-bond donors (Lipinski definition) is 4. The minimum Gasteiger partial charge on any atom is -0.480 e. The standard InChI is InChI=1S/C8H17N3O3/c1-2-6(7(12)13)11-8(14)10-5-3-4-9/h6H,2-5,9H2,1H3,(H,12,13)(H2,10,11,14).